The largest absolute Gasteiger partial charge is 0.465 e. The fourth-order valence-corrected chi connectivity index (χ4v) is 3.46. The molecule has 0 bridgehead atoms. The zero-order chi connectivity index (χ0) is 16.1. The van der Waals surface area contributed by atoms with E-state index < -0.39 is 29.3 Å². The van der Waals surface area contributed by atoms with Crippen LogP contribution >= 0.6 is 15.9 Å². The molecule has 3 rings (SSSR count). The highest BCUT2D eigenvalue weighted by molar-refractivity contribution is 9.10. The number of nitrogens with zero attached hydrogens (tertiary/aromatic N) is 1. The van der Waals surface area contributed by atoms with Gasteiger partial charge in [-0.25, -0.2) is 18.2 Å². The summed E-state index contributed by atoms with van der Waals surface area (Å²) in [7, 11) is 0. The standard InChI is InChI=1S/C14H14BrF3N2O2/c1-13(17,18)11-9-5-21-12(19)20-14(9,6-22-11)8-4-7(15)2-3-10(8)16/h2-4,9,11H,5-6H2,1H3,(H2,19,20)/t9-,11?,14-/m1/s1. The zero-order valence-corrected chi connectivity index (χ0v) is 13.2. The van der Waals surface area contributed by atoms with E-state index in [1.54, 1.807) is 0 Å². The van der Waals surface area contributed by atoms with Gasteiger partial charge in [0, 0.05) is 17.0 Å². The van der Waals surface area contributed by atoms with E-state index in [1.165, 1.54) is 18.2 Å². The van der Waals surface area contributed by atoms with Gasteiger partial charge >= 0.3 is 0 Å². The third-order valence-corrected chi connectivity index (χ3v) is 4.57. The average Bonchev–Trinajstić information content (AvgIpc) is 2.80. The van der Waals surface area contributed by atoms with E-state index in [-0.39, 0.29) is 24.8 Å². The van der Waals surface area contributed by atoms with Gasteiger partial charge in [0.15, 0.2) is 0 Å². The molecule has 2 N–H and O–H groups in total. The SMILES string of the molecule is CC(F)(F)C1OC[C@]2(c3cc(Br)ccc3F)N=C(N)OC[C@H]12. The Morgan fingerprint density at radius 2 is 2.18 bits per heavy atom. The highest BCUT2D eigenvalue weighted by Crippen LogP contribution is 2.49. The van der Waals surface area contributed by atoms with E-state index in [1.807, 2.05) is 0 Å². The molecule has 0 saturated carbocycles. The van der Waals surface area contributed by atoms with Crippen LogP contribution in [0.5, 0.6) is 0 Å². The second-order valence-corrected chi connectivity index (χ2v) is 6.52. The van der Waals surface area contributed by atoms with Crippen LogP contribution in [0.4, 0.5) is 13.2 Å². The van der Waals surface area contributed by atoms with Crippen LogP contribution in [-0.2, 0) is 15.0 Å². The number of halogens is 4. The van der Waals surface area contributed by atoms with Crippen molar-refractivity contribution in [2.45, 2.75) is 24.5 Å². The number of rotatable bonds is 2. The van der Waals surface area contributed by atoms with Gasteiger partial charge in [-0.3, -0.25) is 0 Å². The molecule has 2 heterocycles. The van der Waals surface area contributed by atoms with Gasteiger partial charge < -0.3 is 15.2 Å². The van der Waals surface area contributed by atoms with Crippen LogP contribution in [-0.4, -0.2) is 31.3 Å². The highest BCUT2D eigenvalue weighted by atomic mass is 79.9. The fraction of sp³-hybridized carbons (Fsp3) is 0.500. The number of alkyl halides is 2. The smallest absolute Gasteiger partial charge is 0.282 e. The first-order chi connectivity index (χ1) is 10.2. The minimum Gasteiger partial charge on any atom is -0.465 e. The topological polar surface area (TPSA) is 56.8 Å². The lowest BCUT2D eigenvalue weighted by Gasteiger charge is -2.37. The maximum Gasteiger partial charge on any atom is 0.282 e. The van der Waals surface area contributed by atoms with Crippen molar-refractivity contribution >= 4 is 22.0 Å². The maximum atomic E-state index is 14.3. The predicted molar refractivity (Wildman–Crippen MR) is 77.2 cm³/mol. The molecule has 1 fully saturated rings. The van der Waals surface area contributed by atoms with Crippen LogP contribution in [0.15, 0.2) is 27.7 Å². The van der Waals surface area contributed by atoms with Crippen LogP contribution in [0.1, 0.15) is 12.5 Å². The number of amidine groups is 1. The third-order valence-electron chi connectivity index (χ3n) is 4.08. The van der Waals surface area contributed by atoms with Crippen molar-refractivity contribution in [3.8, 4) is 0 Å². The van der Waals surface area contributed by atoms with Crippen molar-refractivity contribution in [1.82, 2.24) is 0 Å². The molecule has 0 aliphatic carbocycles. The minimum absolute atomic E-state index is 0.102. The normalized spacial score (nSPS) is 31.4. The molecule has 1 unspecified atom stereocenters. The maximum absolute atomic E-state index is 14.3. The molecule has 2 aliphatic heterocycles. The van der Waals surface area contributed by atoms with Gasteiger partial charge in [0.25, 0.3) is 11.9 Å². The molecule has 120 valence electrons. The molecule has 0 radical (unpaired) electrons. The Hall–Kier alpha value is -1.28. The molecule has 4 nitrogen and oxygen atoms in total. The minimum atomic E-state index is -3.10. The molecule has 1 aromatic rings. The number of aliphatic imine (C=N–C) groups is 1. The molecule has 22 heavy (non-hydrogen) atoms. The summed E-state index contributed by atoms with van der Waals surface area (Å²) in [6.07, 6.45) is -1.41. The molecule has 2 aliphatic rings. The Morgan fingerprint density at radius 3 is 2.86 bits per heavy atom. The Morgan fingerprint density at radius 1 is 1.45 bits per heavy atom. The van der Waals surface area contributed by atoms with Crippen molar-refractivity contribution in [1.29, 1.82) is 0 Å². The lowest BCUT2D eigenvalue weighted by molar-refractivity contribution is -0.121. The molecular weight excluding hydrogens is 365 g/mol. The lowest BCUT2D eigenvalue weighted by atomic mass is 9.76. The molecule has 0 amide bonds. The second kappa shape index (κ2) is 5.13. The van der Waals surface area contributed by atoms with Crippen molar-refractivity contribution < 1.29 is 22.6 Å². The summed E-state index contributed by atoms with van der Waals surface area (Å²) in [5.74, 6) is -4.47. The van der Waals surface area contributed by atoms with Crippen LogP contribution in [0, 0.1) is 11.7 Å². The van der Waals surface area contributed by atoms with Crippen LogP contribution in [0.2, 0.25) is 0 Å². The van der Waals surface area contributed by atoms with Crippen molar-refractivity contribution in [3.05, 3.63) is 34.1 Å². The second-order valence-electron chi connectivity index (χ2n) is 5.60. The third kappa shape index (κ3) is 2.38. The van der Waals surface area contributed by atoms with Gasteiger partial charge in [0.1, 0.15) is 17.5 Å². The molecule has 1 aromatic carbocycles. The molecule has 1 saturated heterocycles. The van der Waals surface area contributed by atoms with Crippen molar-refractivity contribution in [3.63, 3.8) is 0 Å². The van der Waals surface area contributed by atoms with Crippen LogP contribution < -0.4 is 5.73 Å². The zero-order valence-electron chi connectivity index (χ0n) is 11.7. The first-order valence-corrected chi connectivity index (χ1v) is 7.46. The van der Waals surface area contributed by atoms with Gasteiger partial charge in [-0.05, 0) is 18.2 Å². The predicted octanol–water partition coefficient (Wildman–Crippen LogP) is 2.80. The summed E-state index contributed by atoms with van der Waals surface area (Å²) < 4.78 is 52.9. The molecule has 3 atom stereocenters. The van der Waals surface area contributed by atoms with E-state index in [2.05, 4.69) is 20.9 Å². The Labute approximate surface area is 133 Å². The highest BCUT2D eigenvalue weighted by Gasteiger charge is 2.60. The van der Waals surface area contributed by atoms with Gasteiger partial charge in [-0.15, -0.1) is 0 Å². The number of hydrogen-bond donors (Lipinski definition) is 1. The lowest BCUT2D eigenvalue weighted by Crippen LogP contribution is -2.48. The monoisotopic (exact) mass is 378 g/mol. The summed E-state index contributed by atoms with van der Waals surface area (Å²) >= 11 is 3.26. The molecule has 0 spiro atoms. The average molecular weight is 379 g/mol. The fourth-order valence-electron chi connectivity index (χ4n) is 3.10. The Kier molecular flexibility index (Phi) is 3.64. The summed E-state index contributed by atoms with van der Waals surface area (Å²) in [4.78, 5) is 4.16. The Balaban J connectivity index is 2.15. The molecule has 8 heteroatoms. The van der Waals surface area contributed by atoms with Crippen LogP contribution in [0.3, 0.4) is 0 Å². The first kappa shape index (κ1) is 15.6. The van der Waals surface area contributed by atoms with Gasteiger partial charge in [0.2, 0.25) is 0 Å². The van der Waals surface area contributed by atoms with E-state index in [0.29, 0.717) is 4.47 Å². The van der Waals surface area contributed by atoms with Gasteiger partial charge in [-0.2, -0.15) is 0 Å². The van der Waals surface area contributed by atoms with E-state index in [4.69, 9.17) is 15.2 Å². The number of nitrogens with two attached hydrogens (primary N) is 1. The summed E-state index contributed by atoms with van der Waals surface area (Å²) in [6.45, 7) is 0.491. The number of ether oxygens (including phenoxy) is 2. The molecule has 0 aromatic heterocycles. The van der Waals surface area contributed by atoms with Gasteiger partial charge in [-0.1, -0.05) is 15.9 Å². The van der Waals surface area contributed by atoms with Gasteiger partial charge in [0.05, 0.1) is 19.1 Å². The van der Waals surface area contributed by atoms with Crippen molar-refractivity contribution in [2.24, 2.45) is 16.6 Å². The summed E-state index contributed by atoms with van der Waals surface area (Å²) in [5.41, 5.74) is 4.47. The first-order valence-electron chi connectivity index (χ1n) is 6.67. The van der Waals surface area contributed by atoms with Crippen LogP contribution in [0.25, 0.3) is 0 Å². The van der Waals surface area contributed by atoms with E-state index in [0.717, 1.165) is 6.92 Å². The van der Waals surface area contributed by atoms with E-state index in [9.17, 15) is 13.2 Å². The number of benzene rings is 1. The van der Waals surface area contributed by atoms with E-state index >= 15 is 0 Å². The Bertz CT molecular complexity index is 635. The molecular formula is C14H14BrF3N2O2. The summed E-state index contributed by atoms with van der Waals surface area (Å²) in [6, 6.07) is 4.14. The van der Waals surface area contributed by atoms with Crippen molar-refractivity contribution in [2.75, 3.05) is 13.2 Å². The number of hydrogen-bond acceptors (Lipinski definition) is 4. The quantitative estimate of drug-likeness (QED) is 0.860. The number of fused-ring (bicyclic) bond motifs is 1. The summed E-state index contributed by atoms with van der Waals surface area (Å²) in [5, 5.41) is 0.